The van der Waals surface area contributed by atoms with Crippen molar-refractivity contribution < 1.29 is 27.5 Å². The van der Waals surface area contributed by atoms with Crippen LogP contribution in [0.15, 0.2) is 77.7 Å². The van der Waals surface area contributed by atoms with Gasteiger partial charge in [0.05, 0.1) is 23.4 Å². The molecule has 1 aromatic heterocycles. The molecule has 0 saturated heterocycles. The predicted octanol–water partition coefficient (Wildman–Crippen LogP) is 4.64. The molecule has 0 unspecified atom stereocenters. The third kappa shape index (κ3) is 5.26. The van der Waals surface area contributed by atoms with Crippen molar-refractivity contribution in [1.82, 2.24) is 9.78 Å². The molecule has 0 aliphatic carbocycles. The molecule has 178 valence electrons. The Labute approximate surface area is 206 Å². The fraction of sp³-hybridized carbons (Fsp3) is 0.0800. The van der Waals surface area contributed by atoms with Crippen LogP contribution in [0.5, 0.6) is 11.5 Å². The molecule has 0 fully saturated rings. The van der Waals surface area contributed by atoms with E-state index in [-0.39, 0.29) is 22.1 Å². The Kier molecular flexibility index (Phi) is 6.72. The molecule has 1 heterocycles. The Morgan fingerprint density at radius 2 is 1.66 bits per heavy atom. The molecule has 4 rings (SSSR count). The highest BCUT2D eigenvalue weighted by Crippen LogP contribution is 2.30. The molecule has 0 spiro atoms. The van der Waals surface area contributed by atoms with E-state index < -0.39 is 15.8 Å². The minimum atomic E-state index is -3.38. The van der Waals surface area contributed by atoms with Crippen molar-refractivity contribution in [3.8, 4) is 28.4 Å². The van der Waals surface area contributed by atoms with Gasteiger partial charge in [-0.1, -0.05) is 23.7 Å². The molecule has 0 aliphatic heterocycles. The van der Waals surface area contributed by atoms with Gasteiger partial charge in [-0.25, -0.2) is 17.9 Å². The van der Waals surface area contributed by atoms with Crippen LogP contribution in [-0.4, -0.2) is 43.8 Å². The van der Waals surface area contributed by atoms with E-state index in [0.717, 1.165) is 11.8 Å². The van der Waals surface area contributed by atoms with Crippen LogP contribution in [0.2, 0.25) is 5.02 Å². The first-order valence-electron chi connectivity index (χ1n) is 10.2. The molecule has 3 aromatic carbocycles. The zero-order chi connectivity index (χ0) is 25.2. The van der Waals surface area contributed by atoms with Gasteiger partial charge in [0, 0.05) is 22.4 Å². The van der Waals surface area contributed by atoms with Crippen molar-refractivity contribution in [1.29, 1.82) is 0 Å². The summed E-state index contributed by atoms with van der Waals surface area (Å²) in [4.78, 5) is 24.2. The van der Waals surface area contributed by atoms with E-state index in [1.54, 1.807) is 42.5 Å². The molecular formula is C25H19ClN2O6S. The number of hydrogen-bond acceptors (Lipinski definition) is 7. The van der Waals surface area contributed by atoms with Crippen LogP contribution < -0.4 is 9.47 Å². The first kappa shape index (κ1) is 24.2. The van der Waals surface area contributed by atoms with Crippen LogP contribution in [0.3, 0.4) is 0 Å². The SMILES string of the molecule is COc1cc(C=O)ccc1OC(=O)c1cc(-c2ccc(Cl)cc2)n(-c2ccc(S(C)(=O)=O)cc2)n1. The number of esters is 1. The Morgan fingerprint density at radius 1 is 0.971 bits per heavy atom. The summed E-state index contributed by atoms with van der Waals surface area (Å²) in [5.74, 6) is -0.399. The zero-order valence-electron chi connectivity index (χ0n) is 18.6. The summed E-state index contributed by atoms with van der Waals surface area (Å²) in [6.07, 6.45) is 1.78. The Morgan fingerprint density at radius 3 is 2.26 bits per heavy atom. The van der Waals surface area contributed by atoms with Crippen molar-refractivity contribution in [2.45, 2.75) is 4.90 Å². The predicted molar refractivity (Wildman–Crippen MR) is 130 cm³/mol. The second-order valence-corrected chi connectivity index (χ2v) is 9.97. The molecule has 0 N–H and O–H groups in total. The van der Waals surface area contributed by atoms with Crippen LogP contribution in [0.25, 0.3) is 16.9 Å². The normalized spacial score (nSPS) is 11.2. The van der Waals surface area contributed by atoms with Crippen LogP contribution in [-0.2, 0) is 9.84 Å². The van der Waals surface area contributed by atoms with Gasteiger partial charge in [-0.2, -0.15) is 5.10 Å². The molecule has 10 heteroatoms. The lowest BCUT2D eigenvalue weighted by Gasteiger charge is -2.09. The third-order valence-electron chi connectivity index (χ3n) is 5.09. The van der Waals surface area contributed by atoms with Crippen LogP contribution in [0.4, 0.5) is 0 Å². The molecule has 8 nitrogen and oxygen atoms in total. The lowest BCUT2D eigenvalue weighted by atomic mass is 10.1. The summed E-state index contributed by atoms with van der Waals surface area (Å²) in [5, 5.41) is 4.96. The minimum absolute atomic E-state index is 0.00339. The van der Waals surface area contributed by atoms with Crippen molar-refractivity contribution in [3.05, 3.63) is 89.1 Å². The van der Waals surface area contributed by atoms with Gasteiger partial charge in [0.25, 0.3) is 0 Å². The molecule has 4 aromatic rings. The minimum Gasteiger partial charge on any atom is -0.493 e. The smallest absolute Gasteiger partial charge is 0.364 e. The fourth-order valence-corrected chi connectivity index (χ4v) is 4.09. The first-order valence-corrected chi connectivity index (χ1v) is 12.5. The number of rotatable bonds is 7. The topological polar surface area (TPSA) is 105 Å². The van der Waals surface area contributed by atoms with E-state index in [1.807, 2.05) is 0 Å². The average molecular weight is 511 g/mol. The highest BCUT2D eigenvalue weighted by atomic mass is 35.5. The van der Waals surface area contributed by atoms with Gasteiger partial charge >= 0.3 is 5.97 Å². The van der Waals surface area contributed by atoms with E-state index >= 15 is 0 Å². The molecular weight excluding hydrogens is 492 g/mol. The molecule has 0 radical (unpaired) electrons. The molecule has 0 aliphatic rings. The number of nitrogens with zero attached hydrogens (tertiary/aromatic N) is 2. The third-order valence-corrected chi connectivity index (χ3v) is 6.47. The van der Waals surface area contributed by atoms with Crippen LogP contribution >= 0.6 is 11.6 Å². The number of halogens is 1. The highest BCUT2D eigenvalue weighted by Gasteiger charge is 2.20. The number of benzene rings is 3. The summed E-state index contributed by atoms with van der Waals surface area (Å²) < 4.78 is 35.9. The Balaban J connectivity index is 1.75. The summed E-state index contributed by atoms with van der Waals surface area (Å²) in [5.41, 5.74) is 2.19. The van der Waals surface area contributed by atoms with Gasteiger partial charge in [-0.3, -0.25) is 4.79 Å². The summed E-state index contributed by atoms with van der Waals surface area (Å²) in [7, 11) is -1.98. The number of hydrogen-bond donors (Lipinski definition) is 0. The van der Waals surface area contributed by atoms with Gasteiger partial charge in [0.1, 0.15) is 6.29 Å². The van der Waals surface area contributed by atoms with Gasteiger partial charge < -0.3 is 9.47 Å². The highest BCUT2D eigenvalue weighted by molar-refractivity contribution is 7.90. The van der Waals surface area contributed by atoms with Crippen molar-refractivity contribution >= 4 is 33.7 Å². The van der Waals surface area contributed by atoms with Gasteiger partial charge in [-0.05, 0) is 60.7 Å². The number of aromatic nitrogens is 2. The van der Waals surface area contributed by atoms with Gasteiger partial charge in [0.15, 0.2) is 27.0 Å². The van der Waals surface area contributed by atoms with E-state index in [4.69, 9.17) is 21.1 Å². The fourth-order valence-electron chi connectivity index (χ4n) is 3.33. The Hall–Kier alpha value is -3.95. The maximum atomic E-state index is 13.0. The van der Waals surface area contributed by atoms with Crippen LogP contribution in [0, 0.1) is 0 Å². The summed E-state index contributed by atoms with van der Waals surface area (Å²) in [6.45, 7) is 0. The molecule has 0 bridgehead atoms. The maximum Gasteiger partial charge on any atom is 0.364 e. The summed E-state index contributed by atoms with van der Waals surface area (Å²) >= 11 is 6.03. The van der Waals surface area contributed by atoms with E-state index in [2.05, 4.69) is 5.10 Å². The van der Waals surface area contributed by atoms with E-state index in [9.17, 15) is 18.0 Å². The number of carbonyl (C=O) groups excluding carboxylic acids is 2. The lowest BCUT2D eigenvalue weighted by Crippen LogP contribution is -2.11. The second-order valence-electron chi connectivity index (χ2n) is 7.52. The van der Waals surface area contributed by atoms with E-state index in [0.29, 0.717) is 28.3 Å². The van der Waals surface area contributed by atoms with Crippen molar-refractivity contribution in [2.75, 3.05) is 13.4 Å². The van der Waals surface area contributed by atoms with Crippen molar-refractivity contribution in [3.63, 3.8) is 0 Å². The zero-order valence-corrected chi connectivity index (χ0v) is 20.2. The quantitative estimate of drug-likeness (QED) is 0.203. The average Bonchev–Trinajstić information content (AvgIpc) is 3.30. The monoisotopic (exact) mass is 510 g/mol. The first-order chi connectivity index (χ1) is 16.7. The molecule has 0 atom stereocenters. The number of sulfone groups is 1. The van der Waals surface area contributed by atoms with E-state index in [1.165, 1.54) is 42.1 Å². The van der Waals surface area contributed by atoms with Crippen LogP contribution in [0.1, 0.15) is 20.8 Å². The number of methoxy groups -OCH3 is 1. The second kappa shape index (κ2) is 9.73. The number of aldehydes is 1. The summed E-state index contributed by atoms with van der Waals surface area (Å²) in [6, 6.07) is 19.1. The maximum absolute atomic E-state index is 13.0. The lowest BCUT2D eigenvalue weighted by molar-refractivity contribution is 0.0723. The van der Waals surface area contributed by atoms with Gasteiger partial charge in [0.2, 0.25) is 0 Å². The van der Waals surface area contributed by atoms with Crippen molar-refractivity contribution in [2.24, 2.45) is 0 Å². The molecule has 0 saturated carbocycles. The van der Waals surface area contributed by atoms with Gasteiger partial charge in [-0.15, -0.1) is 0 Å². The molecule has 0 amide bonds. The molecule has 35 heavy (non-hydrogen) atoms. The number of ether oxygens (including phenoxy) is 2. The standard InChI is InChI=1S/C25H19ClN2O6S/c1-33-24-13-16(15-29)3-12-23(24)34-25(30)21-14-22(17-4-6-18(26)7-5-17)28(27-21)19-8-10-20(11-9-19)35(2,31)32/h3-15H,1-2H3. The number of carbonyl (C=O) groups is 2. The largest absolute Gasteiger partial charge is 0.493 e. The Bertz CT molecular complexity index is 1510.